The molecule has 6 unspecified atom stereocenters. The van der Waals surface area contributed by atoms with Crippen LogP contribution in [0.1, 0.15) is 123 Å². The van der Waals surface area contributed by atoms with E-state index in [0.717, 1.165) is 70.6 Å². The van der Waals surface area contributed by atoms with E-state index in [2.05, 4.69) is 47.9 Å². The Morgan fingerprint density at radius 3 is 1.66 bits per heavy atom. The third-order valence-corrected chi connectivity index (χ3v) is 11.4. The lowest BCUT2D eigenvalue weighted by Crippen LogP contribution is -2.64. The fraction of sp³-hybridized carbons (Fsp3) is 0.592. The van der Waals surface area contributed by atoms with Gasteiger partial charge in [0.05, 0.1) is 12.7 Å². The standard InChI is InChI=1S/C49H78O17P2/c1-3-5-7-8-9-10-11-12-13-16-19-22-25-28-32-36-42(51)62-38-41(39-63-68(60,61)66-49-46(55)44(53)45(54)48(47(49)56)65-67(57,58)59)64-43(52)37-33-29-26-23-20-17-14-15-18-21-24-27-31-35-40(50)34-30-6-4-2/h5-7,9-10,12-13,15,17-18,20,24,26-27,29-31,35,40-41,44-50,53-56H,3-4,8,11,14,16,19,21-23,25,28,32-34,36-39H2,1-2H3,(H,60,61)(H2,57,58,59)/b7-5-,10-9-,13-12-,18-15-,20-17-,27-24+,29-26-,30-6-,35-31+/t40?,41-,44?,45?,46?,47?,48-,49+/m1/s1. The fourth-order valence-electron chi connectivity index (χ4n) is 6.32. The Morgan fingerprint density at radius 2 is 1.06 bits per heavy atom. The van der Waals surface area contributed by atoms with Crippen LogP contribution in [0, 0.1) is 0 Å². The molecule has 1 aliphatic carbocycles. The van der Waals surface area contributed by atoms with Crippen molar-refractivity contribution in [3.05, 3.63) is 109 Å². The van der Waals surface area contributed by atoms with Crippen LogP contribution < -0.4 is 0 Å². The lowest BCUT2D eigenvalue weighted by Gasteiger charge is -2.43. The Morgan fingerprint density at radius 1 is 0.544 bits per heavy atom. The quantitative estimate of drug-likeness (QED) is 0.00965. The van der Waals surface area contributed by atoms with Gasteiger partial charge < -0.3 is 49.7 Å². The van der Waals surface area contributed by atoms with Crippen molar-refractivity contribution in [1.82, 2.24) is 0 Å². The highest BCUT2D eigenvalue weighted by Crippen LogP contribution is 2.49. The van der Waals surface area contributed by atoms with Crippen molar-refractivity contribution in [2.45, 2.75) is 172 Å². The van der Waals surface area contributed by atoms with Crippen LogP contribution in [0.15, 0.2) is 109 Å². The monoisotopic (exact) mass is 1000 g/mol. The van der Waals surface area contributed by atoms with Crippen molar-refractivity contribution in [2.24, 2.45) is 0 Å². The van der Waals surface area contributed by atoms with Gasteiger partial charge in [0.1, 0.15) is 43.2 Å². The number of hydrogen-bond donors (Lipinski definition) is 8. The van der Waals surface area contributed by atoms with Crippen LogP contribution in [-0.2, 0) is 41.8 Å². The smallest absolute Gasteiger partial charge is 0.462 e. The molecule has 0 heterocycles. The number of carbonyl (C=O) groups is 2. The molecule has 0 radical (unpaired) electrons. The average molecular weight is 1000 g/mol. The molecule has 1 rings (SSSR count). The Balaban J connectivity index is 2.68. The van der Waals surface area contributed by atoms with Crippen LogP contribution in [0.2, 0.25) is 0 Å². The molecule has 17 nitrogen and oxygen atoms in total. The van der Waals surface area contributed by atoms with Crippen molar-refractivity contribution in [2.75, 3.05) is 13.2 Å². The van der Waals surface area contributed by atoms with Crippen molar-refractivity contribution in [3.8, 4) is 0 Å². The fourth-order valence-corrected chi connectivity index (χ4v) is 7.86. The molecule has 8 N–H and O–H groups in total. The van der Waals surface area contributed by atoms with Crippen LogP contribution in [-0.4, -0.2) is 114 Å². The summed E-state index contributed by atoms with van der Waals surface area (Å²) in [4.78, 5) is 54.2. The average Bonchev–Trinajstić information content (AvgIpc) is 3.29. The second-order valence-electron chi connectivity index (χ2n) is 15.9. The van der Waals surface area contributed by atoms with Crippen molar-refractivity contribution < 1.29 is 82.0 Å². The number of ether oxygens (including phenoxy) is 2. The number of esters is 2. The molecule has 1 saturated carbocycles. The number of phosphoric ester groups is 2. The van der Waals surface area contributed by atoms with E-state index in [0.29, 0.717) is 19.3 Å². The maximum Gasteiger partial charge on any atom is 0.472 e. The SMILES string of the molecule is CC/C=C\C/C=C\C/C=C\CCCCCCCC(=O)OC[C@H](COP(=O)(O)O[C@H]1C(O)C(O)C(O)[C@@H](OP(=O)(O)O)C1O)OC(=O)CC/C=C\C/C=C\C/C=C\C/C=C/C=C/C(O)C/C=C\CC. The third-order valence-electron chi connectivity index (χ3n) is 9.94. The molecule has 0 amide bonds. The Bertz CT molecular complexity index is 1750. The van der Waals surface area contributed by atoms with Crippen LogP contribution in [0.3, 0.4) is 0 Å². The Labute approximate surface area is 402 Å². The van der Waals surface area contributed by atoms with E-state index in [1.54, 1.807) is 12.2 Å². The number of phosphoric acid groups is 2. The number of allylic oxidation sites excluding steroid dienone is 16. The molecule has 0 aromatic heterocycles. The minimum absolute atomic E-state index is 0.0707. The van der Waals surface area contributed by atoms with Gasteiger partial charge in [-0.1, -0.05) is 142 Å². The molecule has 386 valence electrons. The zero-order valence-corrected chi connectivity index (χ0v) is 41.4. The number of aliphatic hydroxyl groups excluding tert-OH is 5. The summed E-state index contributed by atoms with van der Waals surface area (Å²) in [6.07, 6.45) is 32.4. The first-order valence-electron chi connectivity index (χ1n) is 23.5. The van der Waals surface area contributed by atoms with E-state index in [1.165, 1.54) is 0 Å². The van der Waals surface area contributed by atoms with E-state index in [4.69, 9.17) is 18.5 Å². The van der Waals surface area contributed by atoms with E-state index < -0.39 is 89.6 Å². The van der Waals surface area contributed by atoms with Gasteiger partial charge in [0.25, 0.3) is 0 Å². The summed E-state index contributed by atoms with van der Waals surface area (Å²) < 4.78 is 49.2. The Hall–Kier alpha value is -3.38. The Kier molecular flexibility index (Phi) is 35.4. The van der Waals surface area contributed by atoms with Gasteiger partial charge in [-0.15, -0.1) is 0 Å². The molecule has 0 spiro atoms. The minimum atomic E-state index is -5.39. The summed E-state index contributed by atoms with van der Waals surface area (Å²) in [6, 6.07) is 0. The number of hydrogen-bond acceptors (Lipinski definition) is 14. The van der Waals surface area contributed by atoms with Gasteiger partial charge in [-0.25, -0.2) is 9.13 Å². The third kappa shape index (κ3) is 32.4. The van der Waals surface area contributed by atoms with Crippen LogP contribution in [0.25, 0.3) is 0 Å². The van der Waals surface area contributed by atoms with Gasteiger partial charge in [0.2, 0.25) is 0 Å². The van der Waals surface area contributed by atoms with Gasteiger partial charge in [0, 0.05) is 12.8 Å². The van der Waals surface area contributed by atoms with Gasteiger partial charge in [-0.05, 0) is 77.0 Å². The van der Waals surface area contributed by atoms with Crippen LogP contribution >= 0.6 is 15.6 Å². The molecule has 9 atom stereocenters. The second-order valence-corrected chi connectivity index (χ2v) is 18.5. The summed E-state index contributed by atoms with van der Waals surface area (Å²) in [5, 5.41) is 51.1. The van der Waals surface area contributed by atoms with Crippen molar-refractivity contribution >= 4 is 27.6 Å². The summed E-state index contributed by atoms with van der Waals surface area (Å²) >= 11 is 0. The van der Waals surface area contributed by atoms with E-state index in [9.17, 15) is 58.9 Å². The first-order valence-corrected chi connectivity index (χ1v) is 26.6. The molecule has 0 bridgehead atoms. The van der Waals surface area contributed by atoms with Gasteiger partial charge in [-0.2, -0.15) is 0 Å². The lowest BCUT2D eigenvalue weighted by atomic mass is 9.85. The first-order chi connectivity index (χ1) is 32.5. The molecular formula is C49H78O17P2. The highest BCUT2D eigenvalue weighted by atomic mass is 31.2. The molecule has 0 saturated heterocycles. The molecule has 19 heteroatoms. The number of unbranched alkanes of at least 4 members (excludes halogenated alkanes) is 5. The molecular weight excluding hydrogens is 922 g/mol. The van der Waals surface area contributed by atoms with Crippen molar-refractivity contribution in [3.63, 3.8) is 0 Å². The summed E-state index contributed by atoms with van der Waals surface area (Å²) in [7, 11) is -10.7. The predicted octanol–water partition coefficient (Wildman–Crippen LogP) is 7.92. The number of carbonyl (C=O) groups excluding carboxylic acids is 2. The van der Waals surface area contributed by atoms with Gasteiger partial charge in [0.15, 0.2) is 6.10 Å². The van der Waals surface area contributed by atoms with Crippen LogP contribution in [0.4, 0.5) is 0 Å². The van der Waals surface area contributed by atoms with Gasteiger partial charge >= 0.3 is 27.6 Å². The number of aliphatic hydroxyl groups is 5. The minimum Gasteiger partial charge on any atom is -0.462 e. The van der Waals surface area contributed by atoms with Gasteiger partial charge in [-0.3, -0.25) is 23.2 Å². The topological polar surface area (TPSA) is 276 Å². The summed E-state index contributed by atoms with van der Waals surface area (Å²) in [6.45, 7) is 2.70. The molecule has 0 aromatic carbocycles. The highest BCUT2D eigenvalue weighted by Gasteiger charge is 2.54. The van der Waals surface area contributed by atoms with Crippen molar-refractivity contribution in [1.29, 1.82) is 0 Å². The second kappa shape index (κ2) is 38.4. The molecule has 0 aromatic rings. The normalized spacial score (nSPS) is 22.7. The zero-order valence-electron chi connectivity index (χ0n) is 39.6. The molecule has 1 aliphatic rings. The largest absolute Gasteiger partial charge is 0.472 e. The lowest BCUT2D eigenvalue weighted by molar-refractivity contribution is -0.216. The molecule has 68 heavy (non-hydrogen) atoms. The summed E-state index contributed by atoms with van der Waals surface area (Å²) in [5.74, 6) is -1.36. The first kappa shape index (κ1) is 62.6. The predicted molar refractivity (Wildman–Crippen MR) is 261 cm³/mol. The zero-order chi connectivity index (χ0) is 50.5. The van der Waals surface area contributed by atoms with E-state index in [-0.39, 0.29) is 19.3 Å². The maximum absolute atomic E-state index is 13.0. The van der Waals surface area contributed by atoms with Crippen LogP contribution in [0.5, 0.6) is 0 Å². The van der Waals surface area contributed by atoms with E-state index >= 15 is 0 Å². The number of rotatable bonds is 37. The molecule has 1 fully saturated rings. The summed E-state index contributed by atoms with van der Waals surface area (Å²) in [5.41, 5.74) is 0. The highest BCUT2D eigenvalue weighted by molar-refractivity contribution is 7.47. The van der Waals surface area contributed by atoms with E-state index in [1.807, 2.05) is 67.7 Å². The maximum atomic E-state index is 13.0. The molecule has 0 aliphatic heterocycles.